The summed E-state index contributed by atoms with van der Waals surface area (Å²) in [5.74, 6) is -0.0740. The molecule has 2 aromatic rings. The van der Waals surface area contributed by atoms with E-state index in [0.29, 0.717) is 21.5 Å². The molecule has 0 aromatic heterocycles. The number of benzene rings is 2. The van der Waals surface area contributed by atoms with Crippen LogP contribution in [0.1, 0.15) is 10.4 Å². The number of nitrogens with one attached hydrogen (secondary N) is 2. The fourth-order valence-corrected chi connectivity index (χ4v) is 2.43. The molecular weight excluding hydrogens is 371 g/mol. The van der Waals surface area contributed by atoms with Crippen LogP contribution < -0.4 is 15.4 Å². The highest BCUT2D eigenvalue weighted by molar-refractivity contribution is 9.10. The maximum Gasteiger partial charge on any atom is 0.257 e. The summed E-state index contributed by atoms with van der Waals surface area (Å²) in [5.41, 5.74) is 1.01. The van der Waals surface area contributed by atoms with E-state index >= 15 is 0 Å². The summed E-state index contributed by atoms with van der Waals surface area (Å²) < 4.78 is 18.6. The molecule has 0 heterocycles. The molecule has 0 atom stereocenters. The van der Waals surface area contributed by atoms with Crippen LogP contribution in [-0.2, 0) is 0 Å². The van der Waals surface area contributed by atoms with Gasteiger partial charge in [0.1, 0.15) is 11.6 Å². The van der Waals surface area contributed by atoms with E-state index in [1.165, 1.54) is 24.3 Å². The highest BCUT2D eigenvalue weighted by Crippen LogP contribution is 2.25. The van der Waals surface area contributed by atoms with Crippen molar-refractivity contribution < 1.29 is 13.9 Å². The highest BCUT2D eigenvalue weighted by atomic mass is 79.9. The summed E-state index contributed by atoms with van der Waals surface area (Å²) in [7, 11) is 1.54. The minimum atomic E-state index is -0.358. The Bertz CT molecular complexity index is 707. The van der Waals surface area contributed by atoms with Crippen LogP contribution >= 0.6 is 28.1 Å². The molecule has 0 saturated carbocycles. The minimum Gasteiger partial charge on any atom is -0.496 e. The van der Waals surface area contributed by atoms with Gasteiger partial charge in [-0.05, 0) is 70.6 Å². The van der Waals surface area contributed by atoms with E-state index < -0.39 is 0 Å². The molecule has 0 fully saturated rings. The number of thiocarbonyl (C=S) groups is 1. The van der Waals surface area contributed by atoms with Crippen LogP contribution in [0.4, 0.5) is 10.1 Å². The normalized spacial score (nSPS) is 9.95. The molecule has 2 N–H and O–H groups in total. The lowest BCUT2D eigenvalue weighted by molar-refractivity contribution is 0.0977. The Balaban J connectivity index is 2.00. The van der Waals surface area contributed by atoms with Crippen molar-refractivity contribution in [2.75, 3.05) is 12.4 Å². The van der Waals surface area contributed by atoms with Crippen molar-refractivity contribution in [3.05, 3.63) is 58.3 Å². The number of methoxy groups -OCH3 is 1. The second-order valence-electron chi connectivity index (χ2n) is 4.26. The van der Waals surface area contributed by atoms with Gasteiger partial charge in [0, 0.05) is 11.3 Å². The average molecular weight is 383 g/mol. The molecular formula is C15H12BrFN2O2S. The van der Waals surface area contributed by atoms with Crippen molar-refractivity contribution in [1.29, 1.82) is 0 Å². The Kier molecular flexibility index (Phi) is 5.46. The van der Waals surface area contributed by atoms with E-state index in [1.54, 1.807) is 25.3 Å². The molecule has 0 spiro atoms. The van der Waals surface area contributed by atoms with Gasteiger partial charge >= 0.3 is 0 Å². The molecule has 0 radical (unpaired) electrons. The maximum absolute atomic E-state index is 12.8. The van der Waals surface area contributed by atoms with Gasteiger partial charge < -0.3 is 10.1 Å². The zero-order chi connectivity index (χ0) is 16.1. The lowest BCUT2D eigenvalue weighted by Crippen LogP contribution is -2.34. The van der Waals surface area contributed by atoms with Crippen LogP contribution in [0.15, 0.2) is 46.9 Å². The van der Waals surface area contributed by atoms with Gasteiger partial charge in [-0.2, -0.15) is 0 Å². The number of hydrogen-bond donors (Lipinski definition) is 2. The van der Waals surface area contributed by atoms with Gasteiger partial charge in [-0.15, -0.1) is 0 Å². The monoisotopic (exact) mass is 382 g/mol. The van der Waals surface area contributed by atoms with Crippen molar-refractivity contribution in [2.24, 2.45) is 0 Å². The molecule has 1 amide bonds. The van der Waals surface area contributed by atoms with Gasteiger partial charge in [0.05, 0.1) is 11.6 Å². The lowest BCUT2D eigenvalue weighted by atomic mass is 10.2. The summed E-state index contributed by atoms with van der Waals surface area (Å²) in [6.07, 6.45) is 0. The van der Waals surface area contributed by atoms with Crippen LogP contribution in [0.2, 0.25) is 0 Å². The smallest absolute Gasteiger partial charge is 0.257 e. The van der Waals surface area contributed by atoms with E-state index in [9.17, 15) is 9.18 Å². The minimum absolute atomic E-state index is 0.128. The molecule has 0 bridgehead atoms. The van der Waals surface area contributed by atoms with Gasteiger partial charge in [0.25, 0.3) is 5.91 Å². The number of anilines is 1. The first-order valence-corrected chi connectivity index (χ1v) is 7.41. The van der Waals surface area contributed by atoms with Gasteiger partial charge in [0.15, 0.2) is 5.11 Å². The first-order chi connectivity index (χ1) is 10.5. The quantitative estimate of drug-likeness (QED) is 0.794. The number of ether oxygens (including phenoxy) is 1. The van der Waals surface area contributed by atoms with Crippen LogP contribution in [0.3, 0.4) is 0 Å². The van der Waals surface area contributed by atoms with E-state index in [2.05, 4.69) is 26.6 Å². The fraction of sp³-hybridized carbons (Fsp3) is 0.0667. The lowest BCUT2D eigenvalue weighted by Gasteiger charge is -2.10. The molecule has 0 saturated heterocycles. The van der Waals surface area contributed by atoms with Crippen molar-refractivity contribution in [2.45, 2.75) is 0 Å². The molecule has 0 aliphatic rings. The highest BCUT2D eigenvalue weighted by Gasteiger charge is 2.10. The van der Waals surface area contributed by atoms with E-state index in [1.807, 2.05) is 0 Å². The van der Waals surface area contributed by atoms with Gasteiger partial charge in [-0.3, -0.25) is 10.1 Å². The molecule has 0 unspecified atom stereocenters. The summed E-state index contributed by atoms with van der Waals surface area (Å²) in [6.45, 7) is 0. The topological polar surface area (TPSA) is 50.4 Å². The van der Waals surface area contributed by atoms with Gasteiger partial charge in [-0.25, -0.2) is 4.39 Å². The van der Waals surface area contributed by atoms with E-state index in [4.69, 9.17) is 17.0 Å². The first kappa shape index (κ1) is 16.4. The Morgan fingerprint density at radius 3 is 2.50 bits per heavy atom. The molecule has 0 aliphatic carbocycles. The largest absolute Gasteiger partial charge is 0.496 e. The summed E-state index contributed by atoms with van der Waals surface area (Å²) in [4.78, 5) is 12.1. The predicted octanol–water partition coefficient (Wildman–Crippen LogP) is 3.72. The van der Waals surface area contributed by atoms with E-state index in [-0.39, 0.29) is 16.8 Å². The van der Waals surface area contributed by atoms with Gasteiger partial charge in [0.2, 0.25) is 0 Å². The maximum atomic E-state index is 12.8. The zero-order valence-corrected chi connectivity index (χ0v) is 13.9. The number of hydrogen-bond acceptors (Lipinski definition) is 3. The summed E-state index contributed by atoms with van der Waals surface area (Å²) in [5, 5.41) is 5.48. The second kappa shape index (κ2) is 7.33. The number of halogens is 2. The fourth-order valence-electron chi connectivity index (χ4n) is 1.68. The number of carbonyl (C=O) groups excluding carboxylic acids is 1. The SMILES string of the molecule is COc1ccc(C(=O)NC(=S)Nc2ccc(F)cc2)cc1Br. The third-order valence-electron chi connectivity index (χ3n) is 2.74. The molecule has 2 rings (SSSR count). The number of carbonyl (C=O) groups is 1. The molecule has 4 nitrogen and oxygen atoms in total. The Morgan fingerprint density at radius 1 is 1.23 bits per heavy atom. The second-order valence-corrected chi connectivity index (χ2v) is 5.53. The third-order valence-corrected chi connectivity index (χ3v) is 3.57. The Hall–Kier alpha value is -1.99. The van der Waals surface area contributed by atoms with Crippen LogP contribution in [0.25, 0.3) is 0 Å². The van der Waals surface area contributed by atoms with Gasteiger partial charge in [-0.1, -0.05) is 0 Å². The van der Waals surface area contributed by atoms with Crippen molar-refractivity contribution in [3.8, 4) is 5.75 Å². The van der Waals surface area contributed by atoms with Crippen molar-refractivity contribution in [3.63, 3.8) is 0 Å². The van der Waals surface area contributed by atoms with Crippen molar-refractivity contribution >= 4 is 44.9 Å². The van der Waals surface area contributed by atoms with Crippen LogP contribution in [-0.4, -0.2) is 18.1 Å². The summed E-state index contributed by atoms with van der Waals surface area (Å²) in [6, 6.07) is 10.6. The third kappa shape index (κ3) is 4.25. The molecule has 0 aliphatic heterocycles. The average Bonchev–Trinajstić information content (AvgIpc) is 2.49. The van der Waals surface area contributed by atoms with Crippen LogP contribution in [0.5, 0.6) is 5.75 Å². The number of rotatable bonds is 3. The molecule has 7 heteroatoms. The standard InChI is InChI=1S/C15H12BrFN2O2S/c1-21-13-7-2-9(8-12(13)16)14(20)19-15(22)18-11-5-3-10(17)4-6-11/h2-8H,1H3,(H2,18,19,20,22). The predicted molar refractivity (Wildman–Crippen MR) is 90.8 cm³/mol. The van der Waals surface area contributed by atoms with Crippen molar-refractivity contribution in [1.82, 2.24) is 5.32 Å². The molecule has 22 heavy (non-hydrogen) atoms. The molecule has 2 aromatic carbocycles. The van der Waals surface area contributed by atoms with E-state index in [0.717, 1.165) is 0 Å². The Morgan fingerprint density at radius 2 is 1.91 bits per heavy atom. The number of amides is 1. The molecule has 114 valence electrons. The summed E-state index contributed by atoms with van der Waals surface area (Å²) >= 11 is 8.37. The first-order valence-electron chi connectivity index (χ1n) is 6.21. The Labute approximate surface area is 140 Å². The van der Waals surface area contributed by atoms with Crippen LogP contribution in [0, 0.1) is 5.82 Å². The zero-order valence-electron chi connectivity index (χ0n) is 11.5.